The molecule has 0 spiro atoms. The summed E-state index contributed by atoms with van der Waals surface area (Å²) in [6.45, 7) is 1.60. The molecule has 0 aliphatic carbocycles. The number of anilines is 2. The fourth-order valence-electron chi connectivity index (χ4n) is 5.20. The molecule has 9 nitrogen and oxygen atoms in total. The second-order valence-electron chi connectivity index (χ2n) is 11.7. The van der Waals surface area contributed by atoms with Gasteiger partial charge in [-0.1, -0.05) is 127 Å². The van der Waals surface area contributed by atoms with Crippen LogP contribution in [0.1, 0.15) is 115 Å². The Morgan fingerprint density at radius 3 is 1.80 bits per heavy atom. The SMILES string of the molecule is CCCCCCCCCCCCCCCCCC(=O)Nc1ccc(NC(=O)C(Cc2ccccc2)C(=O)O)cc1OCC(=O)O. The van der Waals surface area contributed by atoms with Crippen LogP contribution < -0.4 is 15.4 Å². The van der Waals surface area contributed by atoms with E-state index in [2.05, 4.69) is 17.6 Å². The average molecular weight is 625 g/mol. The number of benzene rings is 2. The van der Waals surface area contributed by atoms with Gasteiger partial charge in [-0.3, -0.25) is 14.4 Å². The lowest BCUT2D eigenvalue weighted by atomic mass is 9.98. The van der Waals surface area contributed by atoms with Crippen LogP contribution in [-0.2, 0) is 25.6 Å². The van der Waals surface area contributed by atoms with Crippen molar-refractivity contribution in [2.24, 2.45) is 5.92 Å². The molecular formula is C36H52N2O7. The molecule has 248 valence electrons. The lowest BCUT2D eigenvalue weighted by Crippen LogP contribution is -2.31. The van der Waals surface area contributed by atoms with Crippen molar-refractivity contribution in [3.05, 3.63) is 54.1 Å². The highest BCUT2D eigenvalue weighted by Crippen LogP contribution is 2.29. The maximum Gasteiger partial charge on any atom is 0.341 e. The van der Waals surface area contributed by atoms with E-state index in [0.717, 1.165) is 19.3 Å². The number of carbonyl (C=O) groups is 4. The van der Waals surface area contributed by atoms with Gasteiger partial charge in [-0.25, -0.2) is 4.79 Å². The van der Waals surface area contributed by atoms with Crippen molar-refractivity contribution < 1.29 is 34.1 Å². The van der Waals surface area contributed by atoms with E-state index in [1.807, 2.05) is 0 Å². The summed E-state index contributed by atoms with van der Waals surface area (Å²) in [4.78, 5) is 48.4. The van der Waals surface area contributed by atoms with Crippen molar-refractivity contribution in [3.8, 4) is 5.75 Å². The predicted molar refractivity (Wildman–Crippen MR) is 178 cm³/mol. The number of hydrogen-bond donors (Lipinski definition) is 4. The van der Waals surface area contributed by atoms with Gasteiger partial charge in [0.1, 0.15) is 11.7 Å². The van der Waals surface area contributed by atoms with Crippen molar-refractivity contribution in [1.29, 1.82) is 0 Å². The van der Waals surface area contributed by atoms with Gasteiger partial charge in [0.15, 0.2) is 6.61 Å². The molecule has 2 aromatic rings. The van der Waals surface area contributed by atoms with Crippen LogP contribution in [-0.4, -0.2) is 40.6 Å². The fourth-order valence-corrected chi connectivity index (χ4v) is 5.20. The molecule has 0 saturated heterocycles. The number of amides is 2. The highest BCUT2D eigenvalue weighted by molar-refractivity contribution is 6.04. The summed E-state index contributed by atoms with van der Waals surface area (Å²) in [6.07, 6.45) is 19.0. The Morgan fingerprint density at radius 1 is 0.711 bits per heavy atom. The number of nitrogens with one attached hydrogen (secondary N) is 2. The van der Waals surface area contributed by atoms with Crippen LogP contribution in [0, 0.1) is 5.92 Å². The van der Waals surface area contributed by atoms with Crippen molar-refractivity contribution in [2.45, 2.75) is 116 Å². The highest BCUT2D eigenvalue weighted by Gasteiger charge is 2.27. The summed E-state index contributed by atoms with van der Waals surface area (Å²) < 4.78 is 5.37. The molecule has 1 atom stereocenters. The third-order valence-electron chi connectivity index (χ3n) is 7.78. The molecule has 9 heteroatoms. The molecule has 4 N–H and O–H groups in total. The standard InChI is InChI=1S/C36H52N2O7/c1-2-3-4-5-6-7-8-9-10-11-12-13-14-15-19-22-33(39)38-31-24-23-29(26-32(31)45-27-34(40)41)37-35(42)30(36(43)44)25-28-20-17-16-18-21-28/h16-18,20-21,23-24,26,30H,2-15,19,22,25,27H2,1H3,(H,37,42)(H,38,39)(H,40,41)(H,43,44). The zero-order valence-electron chi connectivity index (χ0n) is 26.9. The Morgan fingerprint density at radius 2 is 1.27 bits per heavy atom. The number of carboxylic acid groups (broad SMARTS) is 2. The molecule has 0 aliphatic heterocycles. The number of aliphatic carboxylic acids is 2. The smallest absolute Gasteiger partial charge is 0.341 e. The molecule has 2 amide bonds. The molecule has 0 heterocycles. The number of unbranched alkanes of at least 4 members (excludes halogenated alkanes) is 14. The molecule has 0 bridgehead atoms. The van der Waals surface area contributed by atoms with Gasteiger partial charge >= 0.3 is 11.9 Å². The second-order valence-corrected chi connectivity index (χ2v) is 11.7. The molecule has 1 unspecified atom stereocenters. The summed E-state index contributed by atoms with van der Waals surface area (Å²) in [6, 6.07) is 13.2. The van der Waals surface area contributed by atoms with Crippen molar-refractivity contribution in [1.82, 2.24) is 0 Å². The van der Waals surface area contributed by atoms with Crippen molar-refractivity contribution in [3.63, 3.8) is 0 Å². The van der Waals surface area contributed by atoms with Crippen LogP contribution in [0.3, 0.4) is 0 Å². The Balaban J connectivity index is 1.75. The lowest BCUT2D eigenvalue weighted by molar-refractivity contribution is -0.145. The predicted octanol–water partition coefficient (Wildman–Crippen LogP) is 8.23. The van der Waals surface area contributed by atoms with E-state index >= 15 is 0 Å². The molecule has 0 radical (unpaired) electrons. The minimum Gasteiger partial charge on any atom is -0.481 e. The molecule has 0 aliphatic rings. The van der Waals surface area contributed by atoms with Gasteiger partial charge < -0.3 is 25.6 Å². The van der Waals surface area contributed by atoms with Gasteiger partial charge in [0, 0.05) is 18.2 Å². The minimum atomic E-state index is -1.33. The third-order valence-corrected chi connectivity index (χ3v) is 7.78. The monoisotopic (exact) mass is 624 g/mol. The summed E-state index contributed by atoms with van der Waals surface area (Å²) in [5.41, 5.74) is 1.21. The normalized spacial score (nSPS) is 11.5. The van der Waals surface area contributed by atoms with E-state index in [-0.39, 0.29) is 29.5 Å². The molecule has 45 heavy (non-hydrogen) atoms. The van der Waals surface area contributed by atoms with Crippen LogP contribution >= 0.6 is 0 Å². The Kier molecular flexibility index (Phi) is 18.7. The van der Waals surface area contributed by atoms with E-state index in [0.29, 0.717) is 12.0 Å². The first-order valence-corrected chi connectivity index (χ1v) is 16.7. The molecule has 0 aromatic heterocycles. The van der Waals surface area contributed by atoms with Crippen molar-refractivity contribution in [2.75, 3.05) is 17.2 Å². The van der Waals surface area contributed by atoms with E-state index < -0.39 is 30.4 Å². The summed E-state index contributed by atoms with van der Waals surface area (Å²) in [5.74, 6) is -4.66. The van der Waals surface area contributed by atoms with Gasteiger partial charge in [0.05, 0.1) is 5.69 Å². The molecule has 2 rings (SSSR count). The molecule has 0 saturated carbocycles. The van der Waals surface area contributed by atoms with Crippen molar-refractivity contribution >= 4 is 35.1 Å². The van der Waals surface area contributed by atoms with Crippen LogP contribution in [0.2, 0.25) is 0 Å². The fraction of sp³-hybridized carbons (Fsp3) is 0.556. The first-order chi connectivity index (χ1) is 21.8. The minimum absolute atomic E-state index is 0.0117. The van der Waals surface area contributed by atoms with E-state index in [9.17, 15) is 24.3 Å². The molecule has 0 fully saturated rings. The summed E-state index contributed by atoms with van der Waals surface area (Å²) >= 11 is 0. The second kappa shape index (κ2) is 22.6. The number of hydrogen-bond acceptors (Lipinski definition) is 5. The number of carbonyl (C=O) groups excluding carboxylic acids is 2. The van der Waals surface area contributed by atoms with Gasteiger partial charge in [-0.15, -0.1) is 0 Å². The summed E-state index contributed by atoms with van der Waals surface area (Å²) in [7, 11) is 0. The number of rotatable bonds is 25. The molecule has 2 aromatic carbocycles. The van der Waals surface area contributed by atoms with Gasteiger partial charge in [-0.2, -0.15) is 0 Å². The lowest BCUT2D eigenvalue weighted by Gasteiger charge is -2.16. The van der Waals surface area contributed by atoms with Gasteiger partial charge in [0.25, 0.3) is 0 Å². The van der Waals surface area contributed by atoms with Gasteiger partial charge in [-0.05, 0) is 30.5 Å². The van der Waals surface area contributed by atoms with E-state index in [4.69, 9.17) is 9.84 Å². The highest BCUT2D eigenvalue weighted by atomic mass is 16.5. The Labute approximate surface area is 268 Å². The first kappa shape index (κ1) is 37.3. The third kappa shape index (κ3) is 16.7. The van der Waals surface area contributed by atoms with Gasteiger partial charge in [0.2, 0.25) is 11.8 Å². The Hall–Kier alpha value is -3.88. The van der Waals surface area contributed by atoms with Crippen LogP contribution in [0.5, 0.6) is 5.75 Å². The maximum absolute atomic E-state index is 12.8. The van der Waals surface area contributed by atoms with E-state index in [1.165, 1.54) is 95.2 Å². The topological polar surface area (TPSA) is 142 Å². The van der Waals surface area contributed by atoms with E-state index in [1.54, 1.807) is 30.3 Å². The first-order valence-electron chi connectivity index (χ1n) is 16.7. The zero-order chi connectivity index (χ0) is 32.7. The van der Waals surface area contributed by atoms with Crippen LogP contribution in [0.25, 0.3) is 0 Å². The van der Waals surface area contributed by atoms with Crippen LogP contribution in [0.15, 0.2) is 48.5 Å². The zero-order valence-corrected chi connectivity index (χ0v) is 26.9. The maximum atomic E-state index is 12.8. The average Bonchev–Trinajstić information content (AvgIpc) is 3.02. The quantitative estimate of drug-likeness (QED) is 0.0644. The summed E-state index contributed by atoms with van der Waals surface area (Å²) in [5, 5.41) is 24.1. The van der Waals surface area contributed by atoms with Crippen LogP contribution in [0.4, 0.5) is 11.4 Å². The molecular weight excluding hydrogens is 572 g/mol. The Bertz CT molecular complexity index is 1170. The number of carboxylic acids is 2. The largest absolute Gasteiger partial charge is 0.481 e. The number of ether oxygens (including phenoxy) is 1.